The zero-order valence-electron chi connectivity index (χ0n) is 13.7. The first-order valence-corrected chi connectivity index (χ1v) is 9.63. The second-order valence-corrected chi connectivity index (χ2v) is 7.71. The van der Waals surface area contributed by atoms with Gasteiger partial charge in [0, 0.05) is 16.0 Å². The van der Waals surface area contributed by atoms with E-state index in [1.54, 1.807) is 11.3 Å². The molecule has 25 heavy (non-hydrogen) atoms. The van der Waals surface area contributed by atoms with E-state index in [1.165, 1.54) is 16.0 Å². The number of hydrogen-bond acceptors (Lipinski definition) is 4. The zero-order valence-corrected chi connectivity index (χ0v) is 14.6. The maximum absolute atomic E-state index is 12.9. The Labute approximate surface area is 149 Å². The van der Waals surface area contributed by atoms with E-state index in [0.717, 1.165) is 49.0 Å². The maximum Gasteiger partial charge on any atom is 0.274 e. The molecule has 4 nitrogen and oxygen atoms in total. The summed E-state index contributed by atoms with van der Waals surface area (Å²) in [6, 6.07) is 10.5. The lowest BCUT2D eigenvalue weighted by Gasteiger charge is -2.26. The summed E-state index contributed by atoms with van der Waals surface area (Å²) in [5, 5.41) is 9.37. The zero-order chi connectivity index (χ0) is 16.8. The van der Waals surface area contributed by atoms with Gasteiger partial charge in [0.05, 0.1) is 6.04 Å². The average Bonchev–Trinajstić information content (AvgIpc) is 3.28. The highest BCUT2D eigenvalue weighted by Gasteiger charge is 2.30. The number of rotatable bonds is 2. The fourth-order valence-electron chi connectivity index (χ4n) is 4.04. The van der Waals surface area contributed by atoms with Gasteiger partial charge in [0.15, 0.2) is 11.5 Å². The van der Waals surface area contributed by atoms with Crippen molar-refractivity contribution >= 4 is 17.2 Å². The van der Waals surface area contributed by atoms with Gasteiger partial charge in [0.1, 0.15) is 0 Å². The number of amides is 1. The second kappa shape index (κ2) is 5.85. The molecule has 5 rings (SSSR count). The van der Waals surface area contributed by atoms with Crippen LogP contribution in [0.3, 0.4) is 0 Å². The molecule has 2 aliphatic rings. The summed E-state index contributed by atoms with van der Waals surface area (Å²) in [6.07, 6.45) is 4.92. The third-order valence-corrected chi connectivity index (χ3v) is 6.25. The number of hydrogen-bond donors (Lipinski definition) is 1. The molecule has 3 aromatic rings. The van der Waals surface area contributed by atoms with Crippen molar-refractivity contribution in [3.63, 3.8) is 0 Å². The molecule has 1 atom stereocenters. The maximum atomic E-state index is 12.9. The Morgan fingerprint density at radius 2 is 2.12 bits per heavy atom. The Morgan fingerprint density at radius 1 is 1.20 bits per heavy atom. The normalized spacial score (nSPS) is 18.2. The summed E-state index contributed by atoms with van der Waals surface area (Å²) in [4.78, 5) is 14.2. The van der Waals surface area contributed by atoms with E-state index in [2.05, 4.69) is 40.1 Å². The first kappa shape index (κ1) is 14.9. The Hall–Kier alpha value is -2.40. The fourth-order valence-corrected chi connectivity index (χ4v) is 4.91. The minimum Gasteiger partial charge on any atom is -0.355 e. The molecule has 0 saturated carbocycles. The summed E-state index contributed by atoms with van der Waals surface area (Å²) >= 11 is 1.74. The van der Waals surface area contributed by atoms with E-state index in [-0.39, 0.29) is 11.9 Å². The van der Waals surface area contributed by atoms with Crippen LogP contribution in [0.5, 0.6) is 0 Å². The summed E-state index contributed by atoms with van der Waals surface area (Å²) in [5.74, 6) is 0.655. The first-order chi connectivity index (χ1) is 12.3. The summed E-state index contributed by atoms with van der Waals surface area (Å²) in [6.45, 7) is 0. The minimum absolute atomic E-state index is 0.0603. The predicted molar refractivity (Wildman–Crippen MR) is 96.8 cm³/mol. The van der Waals surface area contributed by atoms with Gasteiger partial charge in [-0.05, 0) is 54.7 Å². The van der Waals surface area contributed by atoms with Gasteiger partial charge >= 0.3 is 0 Å². The number of carbonyl (C=O) groups excluding carboxylic acids is 1. The quantitative estimate of drug-likeness (QED) is 0.749. The first-order valence-electron chi connectivity index (χ1n) is 8.75. The average molecular weight is 350 g/mol. The van der Waals surface area contributed by atoms with Gasteiger partial charge in [0.2, 0.25) is 0 Å². The molecule has 5 heteroatoms. The van der Waals surface area contributed by atoms with Gasteiger partial charge in [0.25, 0.3) is 5.91 Å². The fraction of sp³-hybridized carbons (Fsp3) is 0.300. The van der Waals surface area contributed by atoms with Gasteiger partial charge in [-0.2, -0.15) is 0 Å². The largest absolute Gasteiger partial charge is 0.355 e. The Kier molecular flexibility index (Phi) is 3.48. The number of nitrogens with zero attached hydrogens (tertiary/aromatic N) is 1. The number of nitrogens with one attached hydrogen (secondary N) is 1. The standard InChI is InChI=1S/C20H18N2O2S/c23-20(21-16-7-3-5-12-4-1-2-6-13(12)16)18-15-8-9-17-14(10-11-25-17)19(15)24-22-18/h1-2,4,6,10-11,16H,3,5,7-9H2,(H,21,23)/t16-/m1/s1. The van der Waals surface area contributed by atoms with Crippen LogP contribution < -0.4 is 5.32 Å². The van der Waals surface area contributed by atoms with Crippen LogP contribution in [0.25, 0.3) is 11.3 Å². The Balaban J connectivity index is 1.44. The molecule has 0 radical (unpaired) electrons. The number of benzene rings is 1. The van der Waals surface area contributed by atoms with Crippen LogP contribution in [0.2, 0.25) is 0 Å². The van der Waals surface area contributed by atoms with Crippen molar-refractivity contribution in [3.05, 3.63) is 63.0 Å². The van der Waals surface area contributed by atoms with Crippen LogP contribution in [0, 0.1) is 0 Å². The van der Waals surface area contributed by atoms with Crippen LogP contribution >= 0.6 is 11.3 Å². The van der Waals surface area contributed by atoms with E-state index in [1.807, 2.05) is 6.07 Å². The molecule has 2 aromatic heterocycles. The number of aryl methyl sites for hydroxylation is 2. The highest BCUT2D eigenvalue weighted by atomic mass is 32.1. The van der Waals surface area contributed by atoms with Crippen LogP contribution in [0.15, 0.2) is 40.2 Å². The summed E-state index contributed by atoms with van der Waals surface area (Å²) in [5.41, 5.74) is 5.08. The number of fused-ring (bicyclic) bond motifs is 4. The van der Waals surface area contributed by atoms with Gasteiger partial charge in [-0.3, -0.25) is 4.79 Å². The van der Waals surface area contributed by atoms with Crippen molar-refractivity contribution in [1.82, 2.24) is 10.5 Å². The smallest absolute Gasteiger partial charge is 0.274 e. The molecule has 0 aliphatic heterocycles. The molecule has 0 saturated heterocycles. The molecule has 2 aliphatic carbocycles. The lowest BCUT2D eigenvalue weighted by molar-refractivity contribution is 0.0923. The third kappa shape index (κ3) is 2.42. The predicted octanol–water partition coefficient (Wildman–Crippen LogP) is 4.31. The topological polar surface area (TPSA) is 55.1 Å². The molecule has 0 fully saturated rings. The van der Waals surface area contributed by atoms with Crippen LogP contribution in [0.1, 0.15) is 50.9 Å². The van der Waals surface area contributed by atoms with Crippen LogP contribution in [-0.2, 0) is 19.3 Å². The van der Waals surface area contributed by atoms with Crippen molar-refractivity contribution in [2.45, 2.75) is 38.1 Å². The lowest BCUT2D eigenvalue weighted by atomic mass is 9.87. The Morgan fingerprint density at radius 3 is 3.08 bits per heavy atom. The molecule has 126 valence electrons. The lowest BCUT2D eigenvalue weighted by Crippen LogP contribution is -2.31. The molecular formula is C20H18N2O2S. The van der Waals surface area contributed by atoms with Crippen molar-refractivity contribution in [1.29, 1.82) is 0 Å². The van der Waals surface area contributed by atoms with Gasteiger partial charge in [-0.15, -0.1) is 11.3 Å². The summed E-state index contributed by atoms with van der Waals surface area (Å²) in [7, 11) is 0. The number of aromatic nitrogens is 1. The number of thiophene rings is 1. The SMILES string of the molecule is O=C(N[C@@H]1CCCc2ccccc21)c1noc2c1CCc1sccc1-2. The van der Waals surface area contributed by atoms with E-state index >= 15 is 0 Å². The molecule has 0 bridgehead atoms. The van der Waals surface area contributed by atoms with Crippen molar-refractivity contribution in [3.8, 4) is 11.3 Å². The molecule has 0 unspecified atom stereocenters. The molecule has 2 heterocycles. The van der Waals surface area contributed by atoms with Crippen LogP contribution in [0.4, 0.5) is 0 Å². The van der Waals surface area contributed by atoms with E-state index in [0.29, 0.717) is 5.69 Å². The number of carbonyl (C=O) groups is 1. The molecule has 0 spiro atoms. The Bertz CT molecular complexity index is 956. The van der Waals surface area contributed by atoms with Gasteiger partial charge in [-0.25, -0.2) is 0 Å². The van der Waals surface area contributed by atoms with E-state index in [9.17, 15) is 4.79 Å². The second-order valence-electron chi connectivity index (χ2n) is 6.71. The molecule has 1 N–H and O–H groups in total. The minimum atomic E-state index is -0.120. The highest BCUT2D eigenvalue weighted by molar-refractivity contribution is 7.10. The van der Waals surface area contributed by atoms with Crippen LogP contribution in [-0.4, -0.2) is 11.1 Å². The monoisotopic (exact) mass is 350 g/mol. The molecular weight excluding hydrogens is 332 g/mol. The van der Waals surface area contributed by atoms with Gasteiger partial charge in [-0.1, -0.05) is 29.4 Å². The highest BCUT2D eigenvalue weighted by Crippen LogP contribution is 2.38. The van der Waals surface area contributed by atoms with Crippen molar-refractivity contribution in [2.24, 2.45) is 0 Å². The van der Waals surface area contributed by atoms with Crippen molar-refractivity contribution in [2.75, 3.05) is 0 Å². The third-order valence-electron chi connectivity index (χ3n) is 5.27. The van der Waals surface area contributed by atoms with Crippen molar-refractivity contribution < 1.29 is 9.32 Å². The molecule has 1 aromatic carbocycles. The summed E-state index contributed by atoms with van der Waals surface area (Å²) < 4.78 is 5.55. The molecule has 1 amide bonds. The van der Waals surface area contributed by atoms with E-state index < -0.39 is 0 Å². The van der Waals surface area contributed by atoms with Gasteiger partial charge < -0.3 is 9.84 Å². The van der Waals surface area contributed by atoms with E-state index in [4.69, 9.17) is 4.52 Å².